The molecule has 0 unspecified atom stereocenters. The molecule has 0 saturated carbocycles. The molecule has 21 heavy (non-hydrogen) atoms. The molecule has 0 aliphatic rings. The van der Waals surface area contributed by atoms with E-state index in [1.54, 1.807) is 0 Å². The first kappa shape index (κ1) is 19.8. The number of carboxylic acid groups (broad SMARTS) is 1. The molecule has 0 fully saturated rings. The largest absolute Gasteiger partial charge is 0.479 e. The number of hydrogen-bond acceptors (Lipinski definition) is 10. The molecule has 11 nitrogen and oxygen atoms in total. The smallest absolute Gasteiger partial charge is 0.335 e. The number of Topliss-reactive ketones (excluding diaryl/α,β-unsaturated/α-hetero) is 1. The van der Waals surface area contributed by atoms with E-state index < -0.39 is 61.1 Å². The van der Waals surface area contributed by atoms with Gasteiger partial charge in [-0.2, -0.15) is 0 Å². The molecule has 0 rings (SSSR count). The van der Waals surface area contributed by atoms with Crippen LogP contribution in [-0.4, -0.2) is 107 Å². The van der Waals surface area contributed by atoms with Crippen molar-refractivity contribution >= 4 is 11.8 Å². The van der Waals surface area contributed by atoms with E-state index in [0.29, 0.717) is 0 Å². The van der Waals surface area contributed by atoms with E-state index in [4.69, 9.17) is 20.4 Å². The topological polar surface area (TPSA) is 216 Å². The van der Waals surface area contributed by atoms with Crippen LogP contribution in [0.1, 0.15) is 0 Å². The van der Waals surface area contributed by atoms with E-state index in [0.717, 1.165) is 0 Å². The molecule has 11 heteroatoms. The van der Waals surface area contributed by atoms with Gasteiger partial charge in [0.25, 0.3) is 0 Å². The Morgan fingerprint density at radius 2 is 1.14 bits per heavy atom. The normalized spacial score (nSPS) is 21.7. The Morgan fingerprint density at radius 1 is 0.714 bits per heavy atom. The lowest BCUT2D eigenvalue weighted by Crippen LogP contribution is -2.55. The van der Waals surface area contributed by atoms with E-state index in [-0.39, 0.29) is 0 Å². The number of ketones is 1. The fourth-order valence-electron chi connectivity index (χ4n) is 1.35. The molecule has 0 aliphatic heterocycles. The lowest BCUT2D eigenvalue weighted by Gasteiger charge is -2.27. The molecule has 0 aromatic rings. The summed E-state index contributed by atoms with van der Waals surface area (Å²) in [6.45, 7) is -0.998. The van der Waals surface area contributed by atoms with Gasteiger partial charge in [-0.3, -0.25) is 4.79 Å². The van der Waals surface area contributed by atoms with E-state index in [2.05, 4.69) is 0 Å². The number of aliphatic carboxylic acids is 1. The maximum Gasteiger partial charge on any atom is 0.335 e. The number of aliphatic hydroxyl groups is 8. The first-order chi connectivity index (χ1) is 9.56. The van der Waals surface area contributed by atoms with Crippen LogP contribution in [0.3, 0.4) is 0 Å². The van der Waals surface area contributed by atoms with Gasteiger partial charge in [0, 0.05) is 0 Å². The second-order valence-corrected chi connectivity index (χ2v) is 4.30. The van der Waals surface area contributed by atoms with Crippen LogP contribution < -0.4 is 0 Å². The van der Waals surface area contributed by atoms with Gasteiger partial charge >= 0.3 is 5.97 Å². The lowest BCUT2D eigenvalue weighted by molar-refractivity contribution is -0.169. The van der Waals surface area contributed by atoms with Gasteiger partial charge in [0.2, 0.25) is 0 Å². The summed E-state index contributed by atoms with van der Waals surface area (Å²) in [4.78, 5) is 21.9. The van der Waals surface area contributed by atoms with Gasteiger partial charge in [0.15, 0.2) is 11.9 Å². The summed E-state index contributed by atoms with van der Waals surface area (Å²) >= 11 is 0. The highest BCUT2D eigenvalue weighted by molar-refractivity contribution is 5.89. The van der Waals surface area contributed by atoms with E-state index in [9.17, 15) is 35.1 Å². The molecule has 0 heterocycles. The number of carbonyl (C=O) groups is 2. The molecular formula is C10H18O11. The van der Waals surface area contributed by atoms with Gasteiger partial charge in [-0.25, -0.2) is 4.79 Å². The van der Waals surface area contributed by atoms with Crippen molar-refractivity contribution in [1.29, 1.82) is 0 Å². The van der Waals surface area contributed by atoms with Gasteiger partial charge in [-0.1, -0.05) is 0 Å². The van der Waals surface area contributed by atoms with Crippen molar-refractivity contribution in [2.24, 2.45) is 0 Å². The van der Waals surface area contributed by atoms with Gasteiger partial charge < -0.3 is 46.0 Å². The highest BCUT2D eigenvalue weighted by Gasteiger charge is 2.41. The first-order valence-electron chi connectivity index (χ1n) is 5.70. The van der Waals surface area contributed by atoms with Crippen LogP contribution in [0.15, 0.2) is 0 Å². The fourth-order valence-corrected chi connectivity index (χ4v) is 1.35. The lowest BCUT2D eigenvalue weighted by atomic mass is 9.94. The summed E-state index contributed by atoms with van der Waals surface area (Å²) in [5.74, 6) is -3.64. The van der Waals surface area contributed by atoms with E-state index in [1.165, 1.54) is 0 Å². The monoisotopic (exact) mass is 314 g/mol. The first-order valence-corrected chi connectivity index (χ1v) is 5.70. The summed E-state index contributed by atoms with van der Waals surface area (Å²) in [6, 6.07) is 0. The maximum absolute atomic E-state index is 11.5. The molecule has 0 radical (unpaired) electrons. The highest BCUT2D eigenvalue weighted by Crippen LogP contribution is 2.11. The fraction of sp³-hybridized carbons (Fsp3) is 0.800. The number of carbonyl (C=O) groups excluding carboxylic acids is 1. The molecule has 0 saturated heterocycles. The Kier molecular flexibility index (Phi) is 7.84. The Balaban J connectivity index is 4.87. The summed E-state index contributed by atoms with van der Waals surface area (Å²) in [6.07, 6.45) is -16.5. The van der Waals surface area contributed by atoms with E-state index >= 15 is 0 Å². The molecule has 9 N–H and O–H groups in total. The average Bonchev–Trinajstić information content (AvgIpc) is 2.48. The third-order valence-electron chi connectivity index (χ3n) is 2.74. The molecule has 0 aromatic heterocycles. The molecule has 0 aromatic carbocycles. The van der Waals surface area contributed by atoms with Gasteiger partial charge in [0.05, 0.1) is 6.61 Å². The zero-order chi connectivity index (χ0) is 16.9. The molecule has 0 aliphatic carbocycles. The van der Waals surface area contributed by atoms with Crippen molar-refractivity contribution in [2.45, 2.75) is 42.7 Å². The van der Waals surface area contributed by atoms with Crippen molar-refractivity contribution in [1.82, 2.24) is 0 Å². The Bertz CT molecular complexity index is 359. The second kappa shape index (κ2) is 8.31. The van der Waals surface area contributed by atoms with Crippen LogP contribution in [-0.2, 0) is 9.59 Å². The SMILES string of the molecule is O=C(O)[C@@H](O)[C@@H](O)[C@H](O)C(=O)[C@@H](O)[C@H](O)[C@H](O)[C@@H](O)CO. The van der Waals surface area contributed by atoms with Crippen molar-refractivity contribution in [3.63, 3.8) is 0 Å². The van der Waals surface area contributed by atoms with Gasteiger partial charge in [0.1, 0.15) is 36.6 Å². The predicted octanol–water partition coefficient (Wildman–Crippen LogP) is -5.84. The minimum atomic E-state index is -2.57. The van der Waals surface area contributed by atoms with Gasteiger partial charge in [-0.05, 0) is 0 Å². The Labute approximate surface area is 117 Å². The molecule has 0 spiro atoms. The van der Waals surface area contributed by atoms with E-state index in [1.807, 2.05) is 0 Å². The number of aliphatic hydroxyl groups excluding tert-OH is 8. The molecule has 7 atom stereocenters. The van der Waals surface area contributed by atoms with Crippen molar-refractivity contribution in [3.8, 4) is 0 Å². The second-order valence-electron chi connectivity index (χ2n) is 4.30. The van der Waals surface area contributed by atoms with Crippen molar-refractivity contribution in [3.05, 3.63) is 0 Å². The molecule has 0 bridgehead atoms. The van der Waals surface area contributed by atoms with Crippen molar-refractivity contribution < 1.29 is 55.5 Å². The Hall–Kier alpha value is -1.18. The quantitative estimate of drug-likeness (QED) is 0.195. The number of carboxylic acids is 1. The molecular weight excluding hydrogens is 296 g/mol. The van der Waals surface area contributed by atoms with Gasteiger partial charge in [-0.15, -0.1) is 0 Å². The molecule has 0 amide bonds. The standard InChI is InChI=1S/C10H18O11/c11-1-2(12)3(13)4(14)5(15)6(16)7(17)8(18)9(19)10(20)21/h2-5,7-9,11-15,17-19H,1H2,(H,20,21)/t2-,3+,4+,5-,7+,8-,9-/m0/s1. The number of rotatable bonds is 9. The van der Waals surface area contributed by atoms with Crippen molar-refractivity contribution in [2.75, 3.05) is 6.61 Å². The third kappa shape index (κ3) is 4.94. The average molecular weight is 314 g/mol. The zero-order valence-corrected chi connectivity index (χ0v) is 10.6. The van der Waals surface area contributed by atoms with Crippen LogP contribution in [0, 0.1) is 0 Å². The summed E-state index contributed by atoms with van der Waals surface area (Å²) < 4.78 is 0. The van der Waals surface area contributed by atoms with Crippen LogP contribution in [0.25, 0.3) is 0 Å². The van der Waals surface area contributed by atoms with Crippen LogP contribution >= 0.6 is 0 Å². The molecule has 124 valence electrons. The summed E-state index contributed by atoms with van der Waals surface area (Å²) in [5, 5.41) is 81.4. The minimum Gasteiger partial charge on any atom is -0.479 e. The summed E-state index contributed by atoms with van der Waals surface area (Å²) in [7, 11) is 0. The van der Waals surface area contributed by atoms with Crippen LogP contribution in [0.2, 0.25) is 0 Å². The third-order valence-corrected chi connectivity index (χ3v) is 2.74. The zero-order valence-electron chi connectivity index (χ0n) is 10.6. The predicted molar refractivity (Wildman–Crippen MR) is 61.8 cm³/mol. The van der Waals surface area contributed by atoms with Crippen LogP contribution in [0.5, 0.6) is 0 Å². The van der Waals surface area contributed by atoms with Crippen LogP contribution in [0.4, 0.5) is 0 Å². The number of hydrogen-bond donors (Lipinski definition) is 9. The minimum absolute atomic E-state index is 0.998. The highest BCUT2D eigenvalue weighted by atomic mass is 16.4. The Morgan fingerprint density at radius 3 is 1.52 bits per heavy atom. The summed E-state index contributed by atoms with van der Waals surface area (Å²) in [5.41, 5.74) is 0. The maximum atomic E-state index is 11.5.